The van der Waals surface area contributed by atoms with E-state index in [1.807, 2.05) is 56.3 Å². The van der Waals surface area contributed by atoms with Crippen molar-refractivity contribution < 1.29 is 4.79 Å². The van der Waals surface area contributed by atoms with Gasteiger partial charge in [-0.3, -0.25) is 4.79 Å². The minimum absolute atomic E-state index is 0.0931. The summed E-state index contributed by atoms with van der Waals surface area (Å²) in [7, 11) is 0. The number of hydrogen-bond donors (Lipinski definition) is 1. The Hall–Kier alpha value is -3.04. The Kier molecular flexibility index (Phi) is 5.40. The molecule has 1 N–H and O–H groups in total. The second kappa shape index (κ2) is 8.00. The quantitative estimate of drug-likeness (QED) is 0.388. The van der Waals surface area contributed by atoms with Gasteiger partial charge in [-0.2, -0.15) is 0 Å². The van der Waals surface area contributed by atoms with Gasteiger partial charge in [0.15, 0.2) is 0 Å². The number of nitrogens with zero attached hydrogens (tertiary/aromatic N) is 1. The van der Waals surface area contributed by atoms with E-state index in [-0.39, 0.29) is 5.91 Å². The Morgan fingerprint density at radius 2 is 1.57 bits per heavy atom. The number of carbonyl (C=O) groups excluding carboxylic acids is 1. The molecule has 0 aliphatic heterocycles. The summed E-state index contributed by atoms with van der Waals surface area (Å²) in [4.78, 5) is 12.9. The standard InChI is InChI=1S/C26H25ClN2O/c1-16-11-17(2)13-23(12-16)28-26(30)21-7-10-25-24(14-21)18(3)19(4)29(25)15-20-5-8-22(27)9-6-20/h5-14H,15H2,1-4H3,(H,28,30). The van der Waals surface area contributed by atoms with E-state index in [9.17, 15) is 4.79 Å². The smallest absolute Gasteiger partial charge is 0.255 e. The third-order valence-electron chi connectivity index (χ3n) is 5.63. The maximum Gasteiger partial charge on any atom is 0.255 e. The number of halogens is 1. The SMILES string of the molecule is Cc1cc(C)cc(NC(=O)c2ccc3c(c2)c(C)c(C)n3Cc2ccc(Cl)cc2)c1. The number of hydrogen-bond acceptors (Lipinski definition) is 1. The summed E-state index contributed by atoms with van der Waals surface area (Å²) in [5.74, 6) is -0.0931. The van der Waals surface area contributed by atoms with Gasteiger partial charge in [0.25, 0.3) is 5.91 Å². The highest BCUT2D eigenvalue weighted by Gasteiger charge is 2.14. The lowest BCUT2D eigenvalue weighted by atomic mass is 10.1. The molecule has 0 bridgehead atoms. The summed E-state index contributed by atoms with van der Waals surface area (Å²) in [6.45, 7) is 9.07. The van der Waals surface area contributed by atoms with Crippen molar-refractivity contribution in [1.82, 2.24) is 4.57 Å². The molecule has 0 spiro atoms. The third-order valence-corrected chi connectivity index (χ3v) is 5.89. The zero-order valence-corrected chi connectivity index (χ0v) is 18.5. The number of benzene rings is 3. The molecule has 3 nitrogen and oxygen atoms in total. The van der Waals surface area contributed by atoms with Crippen molar-refractivity contribution >= 4 is 34.1 Å². The molecule has 0 saturated heterocycles. The maximum atomic E-state index is 12.9. The van der Waals surface area contributed by atoms with Gasteiger partial charge in [-0.15, -0.1) is 0 Å². The molecule has 0 aliphatic rings. The molecule has 0 fully saturated rings. The molecule has 30 heavy (non-hydrogen) atoms. The minimum atomic E-state index is -0.0931. The number of nitrogens with one attached hydrogen (secondary N) is 1. The van der Waals surface area contributed by atoms with Gasteiger partial charge in [0.2, 0.25) is 0 Å². The lowest BCUT2D eigenvalue weighted by Gasteiger charge is -2.10. The second-order valence-corrected chi connectivity index (χ2v) is 8.42. The van der Waals surface area contributed by atoms with Crippen molar-refractivity contribution in [2.24, 2.45) is 0 Å². The molecule has 0 atom stereocenters. The Labute approximate surface area is 182 Å². The number of fused-ring (bicyclic) bond motifs is 1. The molecule has 0 unspecified atom stereocenters. The molecule has 1 heterocycles. The van der Waals surface area contributed by atoms with Crippen LogP contribution in [0, 0.1) is 27.7 Å². The normalized spacial score (nSPS) is 11.1. The fraction of sp³-hybridized carbons (Fsp3) is 0.192. The molecule has 0 aliphatic carbocycles. The minimum Gasteiger partial charge on any atom is -0.340 e. The molecule has 1 aromatic heterocycles. The predicted octanol–water partition coefficient (Wildman–Crippen LogP) is 6.83. The van der Waals surface area contributed by atoms with Crippen molar-refractivity contribution in [2.45, 2.75) is 34.2 Å². The van der Waals surface area contributed by atoms with E-state index in [0.29, 0.717) is 5.56 Å². The third kappa shape index (κ3) is 3.99. The van der Waals surface area contributed by atoms with Gasteiger partial charge in [0.1, 0.15) is 0 Å². The second-order valence-electron chi connectivity index (χ2n) is 7.99. The largest absolute Gasteiger partial charge is 0.340 e. The summed E-state index contributed by atoms with van der Waals surface area (Å²) in [6.07, 6.45) is 0. The first-order valence-electron chi connectivity index (χ1n) is 10.1. The Morgan fingerprint density at radius 1 is 0.900 bits per heavy atom. The lowest BCUT2D eigenvalue weighted by Crippen LogP contribution is -2.12. The molecular formula is C26H25ClN2O. The van der Waals surface area contributed by atoms with E-state index in [0.717, 1.165) is 39.3 Å². The van der Waals surface area contributed by atoms with E-state index < -0.39 is 0 Å². The lowest BCUT2D eigenvalue weighted by molar-refractivity contribution is 0.102. The number of amides is 1. The van der Waals surface area contributed by atoms with Crippen LogP contribution in [0.3, 0.4) is 0 Å². The van der Waals surface area contributed by atoms with Crippen LogP contribution in [0.15, 0.2) is 60.7 Å². The number of rotatable bonds is 4. The molecular weight excluding hydrogens is 392 g/mol. The van der Waals surface area contributed by atoms with Crippen LogP contribution in [-0.2, 0) is 6.54 Å². The Morgan fingerprint density at radius 3 is 2.23 bits per heavy atom. The van der Waals surface area contributed by atoms with Crippen LogP contribution in [-0.4, -0.2) is 10.5 Å². The van der Waals surface area contributed by atoms with Crippen LogP contribution < -0.4 is 5.32 Å². The fourth-order valence-corrected chi connectivity index (χ4v) is 4.14. The summed E-state index contributed by atoms with van der Waals surface area (Å²) >= 11 is 6.02. The molecule has 0 radical (unpaired) electrons. The Balaban J connectivity index is 1.66. The monoisotopic (exact) mass is 416 g/mol. The Bertz CT molecular complexity index is 1230. The van der Waals surface area contributed by atoms with Crippen LogP contribution in [0.25, 0.3) is 10.9 Å². The fourth-order valence-electron chi connectivity index (χ4n) is 4.02. The number of anilines is 1. The molecule has 152 valence electrons. The predicted molar refractivity (Wildman–Crippen MR) is 126 cm³/mol. The average Bonchev–Trinajstić information content (AvgIpc) is 2.93. The van der Waals surface area contributed by atoms with E-state index in [2.05, 4.69) is 41.9 Å². The van der Waals surface area contributed by atoms with E-state index in [4.69, 9.17) is 11.6 Å². The van der Waals surface area contributed by atoms with Crippen LogP contribution in [0.1, 0.15) is 38.3 Å². The van der Waals surface area contributed by atoms with Crippen molar-refractivity contribution in [1.29, 1.82) is 0 Å². The maximum absolute atomic E-state index is 12.9. The molecule has 4 heteroatoms. The topological polar surface area (TPSA) is 34.0 Å². The van der Waals surface area contributed by atoms with Crippen LogP contribution >= 0.6 is 11.6 Å². The summed E-state index contributed by atoms with van der Waals surface area (Å²) in [5, 5.41) is 4.88. The van der Waals surface area contributed by atoms with Crippen molar-refractivity contribution in [3.63, 3.8) is 0 Å². The molecule has 4 aromatic rings. The van der Waals surface area contributed by atoms with Crippen LogP contribution in [0.4, 0.5) is 5.69 Å². The van der Waals surface area contributed by atoms with Gasteiger partial charge in [-0.05, 0) is 92.4 Å². The van der Waals surface area contributed by atoms with Crippen molar-refractivity contribution in [3.05, 3.63) is 99.2 Å². The molecule has 0 saturated carbocycles. The van der Waals surface area contributed by atoms with Crippen LogP contribution in [0.5, 0.6) is 0 Å². The van der Waals surface area contributed by atoms with Gasteiger partial charge in [0.05, 0.1) is 0 Å². The molecule has 3 aromatic carbocycles. The first-order chi connectivity index (χ1) is 14.3. The molecule has 1 amide bonds. The van der Waals surface area contributed by atoms with E-state index in [1.165, 1.54) is 16.8 Å². The number of aryl methyl sites for hydroxylation is 3. The highest BCUT2D eigenvalue weighted by Crippen LogP contribution is 2.28. The summed E-state index contributed by atoms with van der Waals surface area (Å²) in [5.41, 5.74) is 8.46. The molecule has 4 rings (SSSR count). The first kappa shape index (κ1) is 20.2. The zero-order chi connectivity index (χ0) is 21.4. The van der Waals surface area contributed by atoms with Gasteiger partial charge in [-0.25, -0.2) is 0 Å². The number of carbonyl (C=O) groups is 1. The van der Waals surface area contributed by atoms with E-state index >= 15 is 0 Å². The first-order valence-corrected chi connectivity index (χ1v) is 10.4. The van der Waals surface area contributed by atoms with Gasteiger partial charge >= 0.3 is 0 Å². The highest BCUT2D eigenvalue weighted by atomic mass is 35.5. The zero-order valence-electron chi connectivity index (χ0n) is 17.7. The van der Waals surface area contributed by atoms with Crippen LogP contribution in [0.2, 0.25) is 5.02 Å². The summed E-state index contributed by atoms with van der Waals surface area (Å²) in [6, 6.07) is 19.9. The van der Waals surface area contributed by atoms with Gasteiger partial charge in [-0.1, -0.05) is 29.8 Å². The van der Waals surface area contributed by atoms with Gasteiger partial charge in [0, 0.05) is 39.4 Å². The summed E-state index contributed by atoms with van der Waals surface area (Å²) < 4.78 is 2.29. The van der Waals surface area contributed by atoms with E-state index in [1.54, 1.807) is 0 Å². The van der Waals surface area contributed by atoms with Crippen molar-refractivity contribution in [2.75, 3.05) is 5.32 Å². The highest BCUT2D eigenvalue weighted by molar-refractivity contribution is 6.30. The van der Waals surface area contributed by atoms with Crippen molar-refractivity contribution in [3.8, 4) is 0 Å². The average molecular weight is 417 g/mol. The number of aromatic nitrogens is 1. The van der Waals surface area contributed by atoms with Gasteiger partial charge < -0.3 is 9.88 Å².